The second-order valence-electron chi connectivity index (χ2n) is 4.51. The van der Waals surface area contributed by atoms with Crippen LogP contribution in [0.3, 0.4) is 0 Å². The molecular weight excluding hydrogens is 272 g/mol. The number of hydrogen-bond donors (Lipinski definition) is 2. The van der Waals surface area contributed by atoms with Crippen molar-refractivity contribution >= 4 is 11.4 Å². The summed E-state index contributed by atoms with van der Waals surface area (Å²) in [5.41, 5.74) is 1.12. The van der Waals surface area contributed by atoms with E-state index in [9.17, 15) is 5.11 Å². The Morgan fingerprint density at radius 1 is 1.43 bits per heavy atom. The van der Waals surface area contributed by atoms with Crippen LogP contribution >= 0.6 is 0 Å². The molecule has 0 spiro atoms. The summed E-state index contributed by atoms with van der Waals surface area (Å²) in [6.45, 7) is 1.30. The molecule has 0 radical (unpaired) electrons. The molecule has 1 atom stereocenters. The highest BCUT2D eigenvalue weighted by Gasteiger charge is 2.16. The Kier molecular flexibility index (Phi) is 3.74. The first-order valence-corrected chi connectivity index (χ1v) is 6.60. The Balaban J connectivity index is 1.82. The third kappa shape index (κ3) is 2.82. The van der Waals surface area contributed by atoms with E-state index in [2.05, 4.69) is 15.5 Å². The lowest BCUT2D eigenvalue weighted by atomic mass is 10.2. The third-order valence-corrected chi connectivity index (χ3v) is 3.13. The van der Waals surface area contributed by atoms with Gasteiger partial charge in [0.25, 0.3) is 0 Å². The molecule has 21 heavy (non-hydrogen) atoms. The predicted molar refractivity (Wildman–Crippen MR) is 77.5 cm³/mol. The number of aromatic hydroxyl groups is 1. The first kappa shape index (κ1) is 13.4. The molecule has 2 aliphatic rings. The van der Waals surface area contributed by atoms with E-state index in [1.807, 2.05) is 18.2 Å². The van der Waals surface area contributed by atoms with Crippen molar-refractivity contribution < 1.29 is 14.7 Å². The van der Waals surface area contributed by atoms with Crippen LogP contribution in [-0.2, 0) is 4.84 Å². The minimum atomic E-state index is -0.366. The monoisotopic (exact) mass is 288 g/mol. The van der Waals surface area contributed by atoms with Crippen molar-refractivity contribution in [3.8, 4) is 11.5 Å². The molecule has 0 saturated carbocycles. The van der Waals surface area contributed by atoms with E-state index in [-0.39, 0.29) is 11.9 Å². The van der Waals surface area contributed by atoms with Crippen LogP contribution in [0.15, 0.2) is 46.8 Å². The SMILES string of the molecule is CON1C=CC=CC1N=Nc1cc2c(cc1O)NCCO2. The molecule has 0 aromatic heterocycles. The summed E-state index contributed by atoms with van der Waals surface area (Å²) >= 11 is 0. The van der Waals surface area contributed by atoms with Crippen LogP contribution in [0.25, 0.3) is 0 Å². The highest BCUT2D eigenvalue weighted by Crippen LogP contribution is 2.39. The van der Waals surface area contributed by atoms with Gasteiger partial charge in [0.1, 0.15) is 23.8 Å². The van der Waals surface area contributed by atoms with E-state index in [0.29, 0.717) is 18.0 Å². The summed E-state index contributed by atoms with van der Waals surface area (Å²) in [6, 6.07) is 3.26. The molecule has 0 bridgehead atoms. The lowest BCUT2D eigenvalue weighted by Gasteiger charge is -2.23. The molecule has 110 valence electrons. The lowest BCUT2D eigenvalue weighted by Crippen LogP contribution is -2.27. The van der Waals surface area contributed by atoms with Gasteiger partial charge in [0.2, 0.25) is 0 Å². The van der Waals surface area contributed by atoms with Crippen molar-refractivity contribution in [3.05, 3.63) is 36.6 Å². The highest BCUT2D eigenvalue weighted by atomic mass is 16.7. The van der Waals surface area contributed by atoms with E-state index in [4.69, 9.17) is 9.57 Å². The summed E-state index contributed by atoms with van der Waals surface area (Å²) in [5, 5.41) is 23.0. The van der Waals surface area contributed by atoms with Gasteiger partial charge in [0.15, 0.2) is 6.17 Å². The highest BCUT2D eigenvalue weighted by molar-refractivity contribution is 5.69. The molecule has 0 fully saturated rings. The van der Waals surface area contributed by atoms with Crippen molar-refractivity contribution in [1.29, 1.82) is 0 Å². The Hall–Kier alpha value is -2.54. The maximum absolute atomic E-state index is 9.99. The quantitative estimate of drug-likeness (QED) is 0.836. The molecular formula is C14H16N4O3. The van der Waals surface area contributed by atoms with Crippen molar-refractivity contribution in [2.45, 2.75) is 6.17 Å². The smallest absolute Gasteiger partial charge is 0.184 e. The molecule has 0 aliphatic carbocycles. The molecule has 2 N–H and O–H groups in total. The number of azo groups is 1. The Bertz CT molecular complexity index is 612. The van der Waals surface area contributed by atoms with Gasteiger partial charge in [0, 0.05) is 24.9 Å². The Labute approximate surface area is 122 Å². The van der Waals surface area contributed by atoms with E-state index in [1.165, 1.54) is 0 Å². The van der Waals surface area contributed by atoms with Crippen molar-refractivity contribution in [1.82, 2.24) is 5.06 Å². The molecule has 0 amide bonds. The van der Waals surface area contributed by atoms with Gasteiger partial charge in [-0.2, -0.15) is 5.11 Å². The van der Waals surface area contributed by atoms with Crippen LogP contribution in [0.4, 0.5) is 11.4 Å². The van der Waals surface area contributed by atoms with Gasteiger partial charge >= 0.3 is 0 Å². The molecule has 7 heteroatoms. The number of phenolic OH excluding ortho intramolecular Hbond substituents is 1. The van der Waals surface area contributed by atoms with Gasteiger partial charge in [-0.3, -0.25) is 4.84 Å². The van der Waals surface area contributed by atoms with Crippen LogP contribution in [0, 0.1) is 0 Å². The van der Waals surface area contributed by atoms with Crippen LogP contribution in [0.2, 0.25) is 0 Å². The number of rotatable bonds is 3. The fourth-order valence-corrected chi connectivity index (χ4v) is 2.09. The number of allylic oxidation sites excluding steroid dienone is 2. The summed E-state index contributed by atoms with van der Waals surface area (Å²) in [6.07, 6.45) is 6.92. The minimum absolute atomic E-state index is 0.0507. The average Bonchev–Trinajstić information content (AvgIpc) is 2.53. The van der Waals surface area contributed by atoms with E-state index < -0.39 is 0 Å². The Morgan fingerprint density at radius 2 is 2.33 bits per heavy atom. The van der Waals surface area contributed by atoms with Crippen LogP contribution in [0.1, 0.15) is 0 Å². The molecule has 0 saturated heterocycles. The maximum atomic E-state index is 9.99. The average molecular weight is 288 g/mol. The fourth-order valence-electron chi connectivity index (χ4n) is 2.09. The second kappa shape index (κ2) is 5.84. The molecule has 1 aromatic rings. The number of fused-ring (bicyclic) bond motifs is 1. The van der Waals surface area contributed by atoms with Gasteiger partial charge in [-0.15, -0.1) is 5.11 Å². The normalized spacial score (nSPS) is 20.2. The van der Waals surface area contributed by atoms with Crippen LogP contribution in [-0.4, -0.2) is 36.6 Å². The molecule has 1 unspecified atom stereocenters. The first-order chi connectivity index (χ1) is 10.3. The lowest BCUT2D eigenvalue weighted by molar-refractivity contribution is -0.108. The van der Waals surface area contributed by atoms with Gasteiger partial charge in [-0.1, -0.05) is 6.08 Å². The molecule has 7 nitrogen and oxygen atoms in total. The predicted octanol–water partition coefficient (Wildman–Crippen LogP) is 2.55. The summed E-state index contributed by atoms with van der Waals surface area (Å²) in [7, 11) is 1.56. The number of hydrogen-bond acceptors (Lipinski definition) is 7. The van der Waals surface area contributed by atoms with Crippen molar-refractivity contribution in [3.63, 3.8) is 0 Å². The molecule has 2 aliphatic heterocycles. The fraction of sp³-hybridized carbons (Fsp3) is 0.286. The number of phenols is 1. The van der Waals surface area contributed by atoms with E-state index >= 15 is 0 Å². The summed E-state index contributed by atoms with van der Waals surface area (Å²) in [5.74, 6) is 0.713. The number of nitrogens with one attached hydrogen (secondary N) is 1. The van der Waals surface area contributed by atoms with Crippen LogP contribution < -0.4 is 10.1 Å². The Morgan fingerprint density at radius 3 is 3.19 bits per heavy atom. The minimum Gasteiger partial charge on any atom is -0.506 e. The van der Waals surface area contributed by atoms with Gasteiger partial charge in [-0.25, -0.2) is 5.06 Å². The van der Waals surface area contributed by atoms with Crippen LogP contribution in [0.5, 0.6) is 11.5 Å². The maximum Gasteiger partial charge on any atom is 0.184 e. The number of benzene rings is 1. The molecule has 2 heterocycles. The van der Waals surface area contributed by atoms with Gasteiger partial charge in [0.05, 0.1) is 12.8 Å². The summed E-state index contributed by atoms with van der Waals surface area (Å²) in [4.78, 5) is 5.16. The van der Waals surface area contributed by atoms with Gasteiger partial charge < -0.3 is 15.2 Å². The largest absolute Gasteiger partial charge is 0.506 e. The number of anilines is 1. The third-order valence-electron chi connectivity index (χ3n) is 3.13. The summed E-state index contributed by atoms with van der Waals surface area (Å²) < 4.78 is 5.52. The van der Waals surface area contributed by atoms with Crippen molar-refractivity contribution in [2.24, 2.45) is 10.2 Å². The second-order valence-corrected chi connectivity index (χ2v) is 4.51. The molecule has 3 rings (SSSR count). The zero-order chi connectivity index (χ0) is 14.7. The van der Waals surface area contributed by atoms with E-state index in [1.54, 1.807) is 30.5 Å². The number of hydroxylamine groups is 2. The first-order valence-electron chi connectivity index (χ1n) is 6.60. The number of ether oxygens (including phenoxy) is 1. The zero-order valence-corrected chi connectivity index (χ0v) is 11.6. The van der Waals surface area contributed by atoms with Crippen molar-refractivity contribution in [2.75, 3.05) is 25.6 Å². The standard InChI is InChI=1S/C14H16N4O3/c1-20-18-6-3-2-4-14(18)17-16-10-9-13-11(8-12(10)19)15-5-7-21-13/h2-4,6,8-9,14-15,19H,5,7H2,1H3. The van der Waals surface area contributed by atoms with Gasteiger partial charge in [-0.05, 0) is 12.2 Å². The zero-order valence-electron chi connectivity index (χ0n) is 11.6. The number of nitrogens with zero attached hydrogens (tertiary/aromatic N) is 3. The van der Waals surface area contributed by atoms with E-state index in [0.717, 1.165) is 12.2 Å². The topological polar surface area (TPSA) is 78.7 Å². The molecule has 1 aromatic carbocycles.